The van der Waals surface area contributed by atoms with Gasteiger partial charge >= 0.3 is 6.09 Å². The zero-order chi connectivity index (χ0) is 14.4. The maximum atomic E-state index is 12.1. The summed E-state index contributed by atoms with van der Waals surface area (Å²) in [5.74, 6) is 0.0766. The van der Waals surface area contributed by atoms with E-state index in [9.17, 15) is 9.59 Å². The lowest BCUT2D eigenvalue weighted by molar-refractivity contribution is 0.0708. The molecule has 1 N–H and O–H groups in total. The Hall–Kier alpha value is -1.82. The summed E-state index contributed by atoms with van der Waals surface area (Å²) in [5.41, 5.74) is 0. The van der Waals surface area contributed by atoms with Gasteiger partial charge in [0.15, 0.2) is 0 Å². The molecule has 2 amide bonds. The van der Waals surface area contributed by atoms with Crippen LogP contribution in [0.3, 0.4) is 0 Å². The summed E-state index contributed by atoms with van der Waals surface area (Å²) in [7, 11) is 0. The van der Waals surface area contributed by atoms with Crippen LogP contribution in [-0.2, 0) is 4.74 Å². The van der Waals surface area contributed by atoms with E-state index in [0.29, 0.717) is 13.1 Å². The Bertz CT molecular complexity index is 465. The number of hydrogen-bond donors (Lipinski definition) is 1. The van der Waals surface area contributed by atoms with E-state index >= 15 is 0 Å². The topological polar surface area (TPSA) is 58.6 Å². The molecule has 6 heteroatoms. The second-order valence-corrected chi connectivity index (χ2v) is 5.52. The number of piperidine rings is 1. The molecule has 0 radical (unpaired) electrons. The number of likely N-dealkylation sites (tertiary alicyclic amines) is 1. The zero-order valence-corrected chi connectivity index (χ0v) is 12.0. The van der Waals surface area contributed by atoms with Gasteiger partial charge in [-0.2, -0.15) is 0 Å². The smallest absolute Gasteiger partial charge is 0.407 e. The first-order valence-electron chi connectivity index (χ1n) is 6.57. The molecule has 108 valence electrons. The number of carbonyl (C=O) groups is 2. The summed E-state index contributed by atoms with van der Waals surface area (Å²) in [6.45, 7) is 5.01. The SMILES string of the molecule is C=CCOC(=O)NC1CCN(C(=O)c2cccs2)CC1. The molecule has 1 aromatic rings. The maximum absolute atomic E-state index is 12.1. The highest BCUT2D eigenvalue weighted by molar-refractivity contribution is 7.12. The molecule has 0 unspecified atom stereocenters. The number of amides is 2. The van der Waals surface area contributed by atoms with Gasteiger partial charge in [-0.05, 0) is 24.3 Å². The third kappa shape index (κ3) is 3.84. The Balaban J connectivity index is 1.76. The van der Waals surface area contributed by atoms with Crippen LogP contribution in [0.1, 0.15) is 22.5 Å². The van der Waals surface area contributed by atoms with Crippen LogP contribution in [0.15, 0.2) is 30.2 Å². The molecule has 2 heterocycles. The van der Waals surface area contributed by atoms with Crippen molar-refractivity contribution in [2.45, 2.75) is 18.9 Å². The van der Waals surface area contributed by atoms with Crippen molar-refractivity contribution in [1.29, 1.82) is 0 Å². The molecule has 0 spiro atoms. The lowest BCUT2D eigenvalue weighted by atomic mass is 10.1. The quantitative estimate of drug-likeness (QED) is 0.867. The van der Waals surface area contributed by atoms with Crippen LogP contribution in [-0.4, -0.2) is 42.6 Å². The van der Waals surface area contributed by atoms with Crippen molar-refractivity contribution in [3.63, 3.8) is 0 Å². The number of nitrogens with one attached hydrogen (secondary N) is 1. The van der Waals surface area contributed by atoms with Gasteiger partial charge in [0.1, 0.15) is 6.61 Å². The molecular formula is C14H18N2O3S. The van der Waals surface area contributed by atoms with Gasteiger partial charge in [-0.15, -0.1) is 11.3 Å². The fourth-order valence-electron chi connectivity index (χ4n) is 2.13. The van der Waals surface area contributed by atoms with Crippen LogP contribution in [0.25, 0.3) is 0 Å². The minimum absolute atomic E-state index is 0.0692. The first-order valence-corrected chi connectivity index (χ1v) is 7.45. The van der Waals surface area contributed by atoms with E-state index < -0.39 is 6.09 Å². The summed E-state index contributed by atoms with van der Waals surface area (Å²) in [4.78, 5) is 26.2. The van der Waals surface area contributed by atoms with Gasteiger partial charge in [0.2, 0.25) is 0 Å². The van der Waals surface area contributed by atoms with E-state index in [1.54, 1.807) is 0 Å². The molecule has 0 aliphatic carbocycles. The Morgan fingerprint density at radius 2 is 2.25 bits per heavy atom. The van der Waals surface area contributed by atoms with Gasteiger partial charge in [0.05, 0.1) is 4.88 Å². The second kappa shape index (κ2) is 7.09. The van der Waals surface area contributed by atoms with Crippen LogP contribution in [0.2, 0.25) is 0 Å². The van der Waals surface area contributed by atoms with Gasteiger partial charge in [-0.3, -0.25) is 4.79 Å². The lowest BCUT2D eigenvalue weighted by Crippen LogP contribution is -2.46. The predicted octanol–water partition coefficient (Wildman–Crippen LogP) is 2.26. The fraction of sp³-hybridized carbons (Fsp3) is 0.429. The van der Waals surface area contributed by atoms with Crippen molar-refractivity contribution in [2.75, 3.05) is 19.7 Å². The van der Waals surface area contributed by atoms with E-state index in [-0.39, 0.29) is 18.6 Å². The zero-order valence-electron chi connectivity index (χ0n) is 11.2. The van der Waals surface area contributed by atoms with E-state index in [2.05, 4.69) is 11.9 Å². The summed E-state index contributed by atoms with van der Waals surface area (Å²) >= 11 is 1.45. The van der Waals surface area contributed by atoms with Crippen molar-refractivity contribution < 1.29 is 14.3 Å². The van der Waals surface area contributed by atoms with Gasteiger partial charge < -0.3 is 15.0 Å². The van der Waals surface area contributed by atoms with Crippen molar-refractivity contribution in [3.05, 3.63) is 35.0 Å². The first-order chi connectivity index (χ1) is 9.70. The number of hydrogen-bond acceptors (Lipinski definition) is 4. The number of alkyl carbamates (subject to hydrolysis) is 1. The third-order valence-corrected chi connectivity index (χ3v) is 4.03. The molecule has 1 saturated heterocycles. The Morgan fingerprint density at radius 1 is 1.50 bits per heavy atom. The molecule has 0 saturated carbocycles. The van der Waals surface area contributed by atoms with Crippen LogP contribution < -0.4 is 5.32 Å². The molecule has 1 fully saturated rings. The van der Waals surface area contributed by atoms with Gasteiger partial charge in [0.25, 0.3) is 5.91 Å². The highest BCUT2D eigenvalue weighted by Crippen LogP contribution is 2.17. The predicted molar refractivity (Wildman–Crippen MR) is 77.9 cm³/mol. The van der Waals surface area contributed by atoms with Gasteiger partial charge in [0, 0.05) is 19.1 Å². The summed E-state index contributed by atoms with van der Waals surface area (Å²) in [6, 6.07) is 3.78. The first kappa shape index (κ1) is 14.6. The molecular weight excluding hydrogens is 276 g/mol. The van der Waals surface area contributed by atoms with Crippen molar-refractivity contribution in [2.24, 2.45) is 0 Å². The van der Waals surface area contributed by atoms with E-state index in [0.717, 1.165) is 17.7 Å². The second-order valence-electron chi connectivity index (χ2n) is 4.58. The molecule has 1 aromatic heterocycles. The van der Waals surface area contributed by atoms with E-state index in [1.807, 2.05) is 22.4 Å². The summed E-state index contributed by atoms with van der Waals surface area (Å²) in [5, 5.41) is 4.70. The molecule has 2 rings (SSSR count). The molecule has 1 aliphatic rings. The highest BCUT2D eigenvalue weighted by atomic mass is 32.1. The molecule has 20 heavy (non-hydrogen) atoms. The Labute approximate surface area is 122 Å². The lowest BCUT2D eigenvalue weighted by Gasteiger charge is -2.31. The van der Waals surface area contributed by atoms with Crippen LogP contribution in [0, 0.1) is 0 Å². The minimum atomic E-state index is -0.423. The molecule has 5 nitrogen and oxygen atoms in total. The molecule has 0 atom stereocenters. The van der Waals surface area contributed by atoms with Crippen LogP contribution in [0.5, 0.6) is 0 Å². The fourth-order valence-corrected chi connectivity index (χ4v) is 2.82. The number of thiophene rings is 1. The number of ether oxygens (including phenoxy) is 1. The van der Waals surface area contributed by atoms with Gasteiger partial charge in [-0.25, -0.2) is 4.79 Å². The Kier molecular flexibility index (Phi) is 5.17. The summed E-state index contributed by atoms with van der Waals surface area (Å²) < 4.78 is 4.88. The average molecular weight is 294 g/mol. The molecule has 1 aliphatic heterocycles. The monoisotopic (exact) mass is 294 g/mol. The normalized spacial score (nSPS) is 15.7. The average Bonchev–Trinajstić information content (AvgIpc) is 2.99. The highest BCUT2D eigenvalue weighted by Gasteiger charge is 2.25. The Morgan fingerprint density at radius 3 is 2.85 bits per heavy atom. The van der Waals surface area contributed by atoms with Gasteiger partial charge in [-0.1, -0.05) is 18.7 Å². The number of carbonyl (C=O) groups excluding carboxylic acids is 2. The van der Waals surface area contributed by atoms with E-state index in [4.69, 9.17) is 4.74 Å². The minimum Gasteiger partial charge on any atom is -0.445 e. The number of nitrogens with zero attached hydrogens (tertiary/aromatic N) is 1. The van der Waals surface area contributed by atoms with E-state index in [1.165, 1.54) is 17.4 Å². The van der Waals surface area contributed by atoms with Crippen molar-refractivity contribution in [3.8, 4) is 0 Å². The summed E-state index contributed by atoms with van der Waals surface area (Å²) in [6.07, 6.45) is 2.61. The van der Waals surface area contributed by atoms with Crippen LogP contribution >= 0.6 is 11.3 Å². The maximum Gasteiger partial charge on any atom is 0.407 e. The molecule has 0 aromatic carbocycles. The standard InChI is InChI=1S/C14H18N2O3S/c1-2-9-19-14(18)15-11-5-7-16(8-6-11)13(17)12-4-3-10-20-12/h2-4,10-11H,1,5-9H2,(H,15,18). The number of rotatable bonds is 4. The van der Waals surface area contributed by atoms with Crippen molar-refractivity contribution in [1.82, 2.24) is 10.2 Å². The third-order valence-electron chi connectivity index (χ3n) is 3.17. The van der Waals surface area contributed by atoms with Crippen molar-refractivity contribution >= 4 is 23.3 Å². The largest absolute Gasteiger partial charge is 0.445 e. The molecule has 0 bridgehead atoms. The van der Waals surface area contributed by atoms with Crippen LogP contribution in [0.4, 0.5) is 4.79 Å².